The van der Waals surface area contributed by atoms with Crippen LogP contribution < -0.4 is 0 Å². The van der Waals surface area contributed by atoms with Crippen LogP contribution in [0.4, 0.5) is 8.78 Å². The Morgan fingerprint density at radius 1 is 1.30 bits per heavy atom. The smallest absolute Gasteiger partial charge is 0.307 e. The number of piperidine rings is 1. The molecule has 2 aliphatic rings. The summed E-state index contributed by atoms with van der Waals surface area (Å²) in [4.78, 5) is 10.9. The molecule has 1 aliphatic carbocycles. The SMILES string of the molecule is O=C(O)C1CCCN(S(=O)(=O)CC2CCCC2(F)F)C1. The lowest BCUT2D eigenvalue weighted by atomic mass is 10.0. The highest BCUT2D eigenvalue weighted by Gasteiger charge is 2.47. The zero-order valence-corrected chi connectivity index (χ0v) is 11.9. The molecule has 2 rings (SSSR count). The molecule has 0 bridgehead atoms. The fraction of sp³-hybridized carbons (Fsp3) is 0.917. The van der Waals surface area contributed by atoms with E-state index in [1.807, 2.05) is 0 Å². The summed E-state index contributed by atoms with van der Waals surface area (Å²) in [5.74, 6) is -6.40. The molecular weight excluding hydrogens is 292 g/mol. The minimum Gasteiger partial charge on any atom is -0.481 e. The maximum Gasteiger partial charge on any atom is 0.307 e. The van der Waals surface area contributed by atoms with Gasteiger partial charge in [-0.15, -0.1) is 0 Å². The largest absolute Gasteiger partial charge is 0.481 e. The van der Waals surface area contributed by atoms with Crippen LogP contribution in [0.3, 0.4) is 0 Å². The van der Waals surface area contributed by atoms with Gasteiger partial charge >= 0.3 is 5.97 Å². The van der Waals surface area contributed by atoms with Gasteiger partial charge in [0, 0.05) is 25.4 Å². The first-order valence-electron chi connectivity index (χ1n) is 6.81. The molecule has 1 aliphatic heterocycles. The Bertz CT molecular complexity index is 480. The molecule has 0 amide bonds. The maximum atomic E-state index is 13.5. The molecule has 8 heteroatoms. The van der Waals surface area contributed by atoms with E-state index in [-0.39, 0.29) is 25.9 Å². The summed E-state index contributed by atoms with van der Waals surface area (Å²) in [5, 5.41) is 8.95. The van der Waals surface area contributed by atoms with Gasteiger partial charge in [-0.1, -0.05) is 0 Å². The van der Waals surface area contributed by atoms with Crippen molar-refractivity contribution in [2.24, 2.45) is 11.8 Å². The third-order valence-corrected chi connectivity index (χ3v) is 6.14. The minimum atomic E-state index is -3.81. The van der Waals surface area contributed by atoms with Crippen molar-refractivity contribution < 1.29 is 27.1 Å². The summed E-state index contributed by atoms with van der Waals surface area (Å²) >= 11 is 0. The van der Waals surface area contributed by atoms with Crippen LogP contribution in [0, 0.1) is 11.8 Å². The second kappa shape index (κ2) is 5.55. The minimum absolute atomic E-state index is 0.101. The van der Waals surface area contributed by atoms with E-state index in [9.17, 15) is 22.0 Å². The zero-order valence-electron chi connectivity index (χ0n) is 11.1. The number of alkyl halides is 2. The van der Waals surface area contributed by atoms with Crippen LogP contribution in [0.1, 0.15) is 32.1 Å². The van der Waals surface area contributed by atoms with Crippen LogP contribution >= 0.6 is 0 Å². The quantitative estimate of drug-likeness (QED) is 0.855. The predicted molar refractivity (Wildman–Crippen MR) is 68.0 cm³/mol. The Labute approximate surface area is 117 Å². The average molecular weight is 311 g/mol. The molecule has 116 valence electrons. The molecule has 20 heavy (non-hydrogen) atoms. The third kappa shape index (κ3) is 3.28. The van der Waals surface area contributed by atoms with Gasteiger partial charge in [0.05, 0.1) is 11.7 Å². The number of carboxylic acids is 1. The lowest BCUT2D eigenvalue weighted by Gasteiger charge is -2.31. The molecule has 0 aromatic carbocycles. The molecule has 2 unspecified atom stereocenters. The molecule has 0 spiro atoms. The van der Waals surface area contributed by atoms with E-state index >= 15 is 0 Å². The highest BCUT2D eigenvalue weighted by Crippen LogP contribution is 2.41. The van der Waals surface area contributed by atoms with Crippen molar-refractivity contribution in [1.29, 1.82) is 0 Å². The van der Waals surface area contributed by atoms with Crippen LogP contribution in [0.25, 0.3) is 0 Å². The monoisotopic (exact) mass is 311 g/mol. The van der Waals surface area contributed by atoms with E-state index in [1.165, 1.54) is 0 Å². The van der Waals surface area contributed by atoms with Gasteiger partial charge in [-0.3, -0.25) is 4.79 Å². The van der Waals surface area contributed by atoms with E-state index in [4.69, 9.17) is 5.11 Å². The highest BCUT2D eigenvalue weighted by molar-refractivity contribution is 7.89. The summed E-state index contributed by atoms with van der Waals surface area (Å²) < 4.78 is 52.5. The Hall–Kier alpha value is -0.760. The van der Waals surface area contributed by atoms with Crippen molar-refractivity contribution in [3.8, 4) is 0 Å². The molecule has 1 heterocycles. The topological polar surface area (TPSA) is 74.7 Å². The molecule has 1 saturated carbocycles. The fourth-order valence-electron chi connectivity index (χ4n) is 2.96. The molecule has 2 atom stereocenters. The van der Waals surface area contributed by atoms with Crippen LogP contribution in [0.5, 0.6) is 0 Å². The number of rotatable bonds is 4. The summed E-state index contributed by atoms with van der Waals surface area (Å²) in [6, 6.07) is 0. The van der Waals surface area contributed by atoms with Gasteiger partial charge in [-0.25, -0.2) is 21.5 Å². The van der Waals surface area contributed by atoms with Crippen molar-refractivity contribution in [3.63, 3.8) is 0 Å². The highest BCUT2D eigenvalue weighted by atomic mass is 32.2. The molecule has 1 N–H and O–H groups in total. The number of sulfonamides is 1. The number of aliphatic carboxylic acids is 1. The second-order valence-electron chi connectivity index (χ2n) is 5.66. The van der Waals surface area contributed by atoms with Gasteiger partial charge < -0.3 is 5.11 Å². The third-order valence-electron chi connectivity index (χ3n) is 4.20. The van der Waals surface area contributed by atoms with Crippen molar-refractivity contribution in [2.75, 3.05) is 18.8 Å². The number of carbonyl (C=O) groups is 1. The van der Waals surface area contributed by atoms with Crippen molar-refractivity contribution in [2.45, 2.75) is 38.0 Å². The van der Waals surface area contributed by atoms with Gasteiger partial charge in [-0.05, 0) is 25.7 Å². The fourth-order valence-corrected chi connectivity index (χ4v) is 4.91. The number of carboxylic acid groups (broad SMARTS) is 1. The van der Waals surface area contributed by atoms with Crippen molar-refractivity contribution >= 4 is 16.0 Å². The lowest BCUT2D eigenvalue weighted by molar-refractivity contribution is -0.142. The number of nitrogens with zero attached hydrogens (tertiary/aromatic N) is 1. The molecule has 5 nitrogen and oxygen atoms in total. The average Bonchev–Trinajstić information content (AvgIpc) is 2.68. The van der Waals surface area contributed by atoms with E-state index in [1.54, 1.807) is 0 Å². The van der Waals surface area contributed by atoms with E-state index < -0.39 is 39.5 Å². The Morgan fingerprint density at radius 3 is 2.55 bits per heavy atom. The first kappa shape index (κ1) is 15.6. The zero-order chi connectivity index (χ0) is 15.0. The van der Waals surface area contributed by atoms with Gasteiger partial charge in [0.25, 0.3) is 5.92 Å². The van der Waals surface area contributed by atoms with E-state index in [0.717, 1.165) is 4.31 Å². The molecule has 1 saturated heterocycles. The van der Waals surface area contributed by atoms with E-state index in [0.29, 0.717) is 19.3 Å². The van der Waals surface area contributed by atoms with Gasteiger partial charge in [0.2, 0.25) is 10.0 Å². The van der Waals surface area contributed by atoms with Gasteiger partial charge in [0.15, 0.2) is 0 Å². The Balaban J connectivity index is 2.05. The number of hydrogen-bond donors (Lipinski definition) is 1. The van der Waals surface area contributed by atoms with Crippen LogP contribution in [0.15, 0.2) is 0 Å². The maximum absolute atomic E-state index is 13.5. The van der Waals surface area contributed by atoms with Crippen molar-refractivity contribution in [3.05, 3.63) is 0 Å². The number of hydrogen-bond acceptors (Lipinski definition) is 3. The molecule has 2 fully saturated rings. The molecule has 0 aromatic rings. The second-order valence-corrected chi connectivity index (χ2v) is 7.68. The molecule has 0 aromatic heterocycles. The summed E-state index contributed by atoms with van der Waals surface area (Å²) in [6.07, 6.45) is 1.18. The van der Waals surface area contributed by atoms with Crippen LogP contribution in [0.2, 0.25) is 0 Å². The van der Waals surface area contributed by atoms with Gasteiger partial charge in [-0.2, -0.15) is 0 Å². The summed E-state index contributed by atoms with van der Waals surface area (Å²) in [6.45, 7) is 0.125. The standard InChI is InChI=1S/C12H19F2NO4S/c13-12(14)5-1-4-10(12)8-20(18,19)15-6-2-3-9(7-15)11(16)17/h9-10H,1-8H2,(H,16,17). The first-order valence-corrected chi connectivity index (χ1v) is 8.42. The predicted octanol–water partition coefficient (Wildman–Crippen LogP) is 1.55. The molecule has 0 radical (unpaired) electrons. The van der Waals surface area contributed by atoms with Crippen molar-refractivity contribution in [1.82, 2.24) is 4.31 Å². The van der Waals surface area contributed by atoms with E-state index in [2.05, 4.69) is 0 Å². The van der Waals surface area contributed by atoms with Gasteiger partial charge in [0.1, 0.15) is 0 Å². The van der Waals surface area contributed by atoms with Crippen LogP contribution in [-0.2, 0) is 14.8 Å². The normalized spacial score (nSPS) is 31.3. The summed E-state index contributed by atoms with van der Waals surface area (Å²) in [7, 11) is -3.81. The Kier molecular flexibility index (Phi) is 4.34. The first-order chi connectivity index (χ1) is 9.22. The lowest BCUT2D eigenvalue weighted by Crippen LogP contribution is -2.45. The molecular formula is C12H19F2NO4S. The number of halogens is 2. The Morgan fingerprint density at radius 2 is 2.00 bits per heavy atom. The van der Waals surface area contributed by atoms with Crippen LogP contribution in [-0.4, -0.2) is 48.6 Å². The summed E-state index contributed by atoms with van der Waals surface area (Å²) in [5.41, 5.74) is 0.